The van der Waals surface area contributed by atoms with E-state index in [2.05, 4.69) is 39.7 Å². The number of hydrogen-bond acceptors (Lipinski definition) is 4. The maximum Gasteiger partial charge on any atom is 0.195 e. The van der Waals surface area contributed by atoms with Gasteiger partial charge in [-0.25, -0.2) is 4.98 Å². The van der Waals surface area contributed by atoms with E-state index in [-0.39, 0.29) is 0 Å². The molecule has 0 saturated carbocycles. The molecular weight excluding hydrogens is 220 g/mol. The average molecular weight is 238 g/mol. The fraction of sp³-hybridized carbons (Fsp3) is 0.545. The van der Waals surface area contributed by atoms with Gasteiger partial charge in [0, 0.05) is 31.1 Å². The van der Waals surface area contributed by atoms with Crippen LogP contribution in [0.4, 0.5) is 5.82 Å². The van der Waals surface area contributed by atoms with Gasteiger partial charge in [-0.2, -0.15) is 0 Å². The van der Waals surface area contributed by atoms with Crippen molar-refractivity contribution in [2.45, 2.75) is 20.3 Å². The van der Waals surface area contributed by atoms with Crippen molar-refractivity contribution < 1.29 is 0 Å². The van der Waals surface area contributed by atoms with Crippen molar-refractivity contribution >= 4 is 22.1 Å². The normalized spacial score (nSPS) is 11.2. The Labute approximate surface area is 99.7 Å². The molecule has 5 heteroatoms. The van der Waals surface area contributed by atoms with Crippen molar-refractivity contribution in [3.05, 3.63) is 17.3 Å². The molecule has 0 aliphatic carbocycles. The molecule has 0 bridgehead atoms. The lowest BCUT2D eigenvalue weighted by atomic mass is 10.3. The second-order valence-electron chi connectivity index (χ2n) is 3.65. The van der Waals surface area contributed by atoms with Gasteiger partial charge in [0.15, 0.2) is 10.8 Å². The Morgan fingerprint density at radius 1 is 1.44 bits per heavy atom. The predicted molar refractivity (Wildman–Crippen MR) is 69.4 cm³/mol. The van der Waals surface area contributed by atoms with E-state index in [9.17, 15) is 0 Å². The fourth-order valence-corrected chi connectivity index (χ4v) is 2.69. The first-order chi connectivity index (χ1) is 7.81. The van der Waals surface area contributed by atoms with Crippen LogP contribution in [0.15, 0.2) is 11.6 Å². The minimum absolute atomic E-state index is 0.665. The second kappa shape index (κ2) is 4.84. The van der Waals surface area contributed by atoms with E-state index in [1.165, 1.54) is 5.69 Å². The Bertz CT molecular complexity index is 455. The molecule has 0 saturated heterocycles. The van der Waals surface area contributed by atoms with Crippen LogP contribution in [0.5, 0.6) is 0 Å². The van der Waals surface area contributed by atoms with Crippen LogP contribution in [0, 0.1) is 0 Å². The predicted octanol–water partition coefficient (Wildman–Crippen LogP) is 1.74. The fourth-order valence-electron chi connectivity index (χ4n) is 1.97. The van der Waals surface area contributed by atoms with Crippen LogP contribution in [-0.2, 0) is 6.42 Å². The number of hydrogen-bond donors (Lipinski definition) is 1. The molecule has 2 heterocycles. The van der Waals surface area contributed by atoms with Gasteiger partial charge in [0.25, 0.3) is 0 Å². The molecule has 88 valence electrons. The van der Waals surface area contributed by atoms with E-state index in [1.54, 1.807) is 11.3 Å². The molecule has 16 heavy (non-hydrogen) atoms. The highest BCUT2D eigenvalue weighted by Gasteiger charge is 2.16. The van der Waals surface area contributed by atoms with Gasteiger partial charge in [-0.1, -0.05) is 0 Å². The number of fused-ring (bicyclic) bond motifs is 1. The number of imidazole rings is 1. The van der Waals surface area contributed by atoms with Crippen molar-refractivity contribution in [3.8, 4) is 0 Å². The van der Waals surface area contributed by atoms with E-state index in [0.717, 1.165) is 30.3 Å². The van der Waals surface area contributed by atoms with Gasteiger partial charge < -0.3 is 10.6 Å². The van der Waals surface area contributed by atoms with Gasteiger partial charge in [0.1, 0.15) is 0 Å². The highest BCUT2D eigenvalue weighted by atomic mass is 32.1. The number of thiazole rings is 1. The Balaban J connectivity index is 2.49. The molecule has 2 N–H and O–H groups in total. The second-order valence-corrected chi connectivity index (χ2v) is 4.52. The molecule has 0 aromatic carbocycles. The van der Waals surface area contributed by atoms with Crippen LogP contribution in [-0.4, -0.2) is 29.0 Å². The average Bonchev–Trinajstić information content (AvgIpc) is 2.84. The van der Waals surface area contributed by atoms with Gasteiger partial charge in [0.2, 0.25) is 0 Å². The third-order valence-electron chi connectivity index (χ3n) is 2.78. The molecule has 0 unspecified atom stereocenters. The summed E-state index contributed by atoms with van der Waals surface area (Å²) < 4.78 is 2.16. The molecule has 4 nitrogen and oxygen atoms in total. The molecule has 2 aromatic rings. The van der Waals surface area contributed by atoms with E-state index < -0.39 is 0 Å². The van der Waals surface area contributed by atoms with Gasteiger partial charge in [0.05, 0.1) is 5.69 Å². The Morgan fingerprint density at radius 3 is 2.81 bits per heavy atom. The van der Waals surface area contributed by atoms with Crippen molar-refractivity contribution in [2.75, 3.05) is 24.5 Å². The van der Waals surface area contributed by atoms with E-state index in [1.807, 2.05) is 0 Å². The Morgan fingerprint density at radius 2 is 2.19 bits per heavy atom. The van der Waals surface area contributed by atoms with Crippen LogP contribution < -0.4 is 10.6 Å². The summed E-state index contributed by atoms with van der Waals surface area (Å²) in [5, 5.41) is 2.06. The Hall–Kier alpha value is -1.07. The first-order valence-electron chi connectivity index (χ1n) is 5.71. The summed E-state index contributed by atoms with van der Waals surface area (Å²) in [6.45, 7) is 6.95. The molecule has 0 radical (unpaired) electrons. The lowest BCUT2D eigenvalue weighted by Gasteiger charge is -2.19. The zero-order valence-electron chi connectivity index (χ0n) is 9.81. The summed E-state index contributed by atoms with van der Waals surface area (Å²) in [5.41, 5.74) is 6.91. The van der Waals surface area contributed by atoms with Crippen molar-refractivity contribution in [3.63, 3.8) is 0 Å². The first-order valence-corrected chi connectivity index (χ1v) is 6.59. The van der Waals surface area contributed by atoms with E-state index in [0.29, 0.717) is 6.54 Å². The number of rotatable bonds is 5. The summed E-state index contributed by atoms with van der Waals surface area (Å²) >= 11 is 1.67. The monoisotopic (exact) mass is 238 g/mol. The van der Waals surface area contributed by atoms with Crippen LogP contribution >= 0.6 is 11.3 Å². The standard InChI is InChI=1S/C11H18N4S/c1-3-14(4-2)10-9(5-6-12)15-7-8-16-11(15)13-10/h7-8H,3-6,12H2,1-2H3. The molecule has 0 fully saturated rings. The lowest BCUT2D eigenvalue weighted by molar-refractivity contribution is 0.825. The number of aromatic nitrogens is 2. The van der Waals surface area contributed by atoms with Gasteiger partial charge in [-0.05, 0) is 20.4 Å². The van der Waals surface area contributed by atoms with E-state index in [4.69, 9.17) is 5.73 Å². The highest BCUT2D eigenvalue weighted by Crippen LogP contribution is 2.24. The third kappa shape index (κ3) is 1.81. The van der Waals surface area contributed by atoms with Crippen molar-refractivity contribution in [1.29, 1.82) is 0 Å². The van der Waals surface area contributed by atoms with Gasteiger partial charge in [-0.15, -0.1) is 11.3 Å². The number of nitrogens with zero attached hydrogens (tertiary/aromatic N) is 3. The smallest absolute Gasteiger partial charge is 0.195 e. The largest absolute Gasteiger partial charge is 0.356 e. The molecule has 2 aromatic heterocycles. The summed E-state index contributed by atoms with van der Waals surface area (Å²) in [6, 6.07) is 0. The summed E-state index contributed by atoms with van der Waals surface area (Å²) in [7, 11) is 0. The minimum Gasteiger partial charge on any atom is -0.356 e. The van der Waals surface area contributed by atoms with Crippen LogP contribution in [0.25, 0.3) is 4.96 Å². The number of anilines is 1. The summed E-state index contributed by atoms with van der Waals surface area (Å²) in [6.07, 6.45) is 2.95. The number of nitrogens with two attached hydrogens (primary N) is 1. The highest BCUT2D eigenvalue weighted by molar-refractivity contribution is 7.15. The van der Waals surface area contributed by atoms with Gasteiger partial charge >= 0.3 is 0 Å². The molecule has 2 rings (SSSR count). The third-order valence-corrected chi connectivity index (χ3v) is 3.54. The molecule has 0 aliphatic heterocycles. The Kier molecular flexibility index (Phi) is 3.46. The summed E-state index contributed by atoms with van der Waals surface area (Å²) in [5.74, 6) is 1.10. The molecule has 0 amide bonds. The van der Waals surface area contributed by atoms with Crippen LogP contribution in [0.3, 0.4) is 0 Å². The van der Waals surface area contributed by atoms with Crippen LogP contribution in [0.1, 0.15) is 19.5 Å². The molecule has 0 atom stereocenters. The summed E-state index contributed by atoms with van der Waals surface area (Å²) in [4.78, 5) is 8.03. The minimum atomic E-state index is 0.665. The lowest BCUT2D eigenvalue weighted by Crippen LogP contribution is -2.24. The zero-order chi connectivity index (χ0) is 11.5. The molecule has 0 aliphatic rings. The maximum atomic E-state index is 5.68. The van der Waals surface area contributed by atoms with Crippen molar-refractivity contribution in [1.82, 2.24) is 9.38 Å². The first kappa shape index (κ1) is 11.4. The molecule has 0 spiro atoms. The topological polar surface area (TPSA) is 46.6 Å². The van der Waals surface area contributed by atoms with Gasteiger partial charge in [-0.3, -0.25) is 4.40 Å². The zero-order valence-corrected chi connectivity index (χ0v) is 10.6. The van der Waals surface area contributed by atoms with E-state index >= 15 is 0 Å². The SMILES string of the molecule is CCN(CC)c1nc2sccn2c1CCN. The maximum absolute atomic E-state index is 5.68. The van der Waals surface area contributed by atoms with Crippen molar-refractivity contribution in [2.24, 2.45) is 5.73 Å². The molecular formula is C11H18N4S. The van der Waals surface area contributed by atoms with Crippen LogP contribution in [0.2, 0.25) is 0 Å². The quantitative estimate of drug-likeness (QED) is 0.863.